The Morgan fingerprint density at radius 1 is 1.41 bits per heavy atom. The van der Waals surface area contributed by atoms with Crippen LogP contribution in [0.1, 0.15) is 12.0 Å². The Morgan fingerprint density at radius 3 is 2.71 bits per heavy atom. The Bertz CT molecular complexity index is 329. The fourth-order valence-corrected chi connectivity index (χ4v) is 1.89. The highest BCUT2D eigenvalue weighted by molar-refractivity contribution is 6.31. The van der Waals surface area contributed by atoms with Gasteiger partial charge in [0.15, 0.2) is 0 Å². The van der Waals surface area contributed by atoms with E-state index < -0.39 is 0 Å². The Hall–Kier alpha value is -0.610. The zero-order chi connectivity index (χ0) is 12.7. The molecule has 4 heteroatoms. The molecular weight excluding hydrogens is 236 g/mol. The molecule has 0 bridgehead atoms. The number of nitrogens with two attached hydrogens (primary N) is 1. The molecule has 0 amide bonds. The summed E-state index contributed by atoms with van der Waals surface area (Å²) in [6.07, 6.45) is 1.08. The summed E-state index contributed by atoms with van der Waals surface area (Å²) < 4.78 is 5.25. The molecule has 1 atom stereocenters. The molecule has 0 spiro atoms. The van der Waals surface area contributed by atoms with Crippen LogP contribution in [0.2, 0.25) is 5.02 Å². The van der Waals surface area contributed by atoms with Crippen LogP contribution in [0.3, 0.4) is 0 Å². The lowest BCUT2D eigenvalue weighted by molar-refractivity contribution is 0.0919. The Balaban J connectivity index is 2.39. The van der Waals surface area contributed by atoms with Crippen molar-refractivity contribution in [3.05, 3.63) is 34.9 Å². The van der Waals surface area contributed by atoms with Crippen LogP contribution in [0.4, 0.5) is 0 Å². The van der Waals surface area contributed by atoms with Crippen molar-refractivity contribution in [3.63, 3.8) is 0 Å². The van der Waals surface area contributed by atoms with Crippen LogP contribution in [0.5, 0.6) is 0 Å². The summed E-state index contributed by atoms with van der Waals surface area (Å²) in [6.45, 7) is 2.36. The van der Waals surface area contributed by atoms with Gasteiger partial charge in [0.2, 0.25) is 0 Å². The van der Waals surface area contributed by atoms with Gasteiger partial charge in [-0.05, 0) is 25.1 Å². The highest BCUT2D eigenvalue weighted by Crippen LogP contribution is 2.16. The molecule has 1 unspecified atom stereocenters. The largest absolute Gasteiger partial charge is 0.380 e. The van der Waals surface area contributed by atoms with Crippen molar-refractivity contribution in [2.75, 3.05) is 27.2 Å². The van der Waals surface area contributed by atoms with Gasteiger partial charge in [-0.15, -0.1) is 0 Å². The van der Waals surface area contributed by atoms with Crippen molar-refractivity contribution in [3.8, 4) is 0 Å². The van der Waals surface area contributed by atoms with Gasteiger partial charge in [0, 0.05) is 31.8 Å². The molecule has 0 radical (unpaired) electrons. The van der Waals surface area contributed by atoms with Crippen LogP contribution in [0, 0.1) is 0 Å². The fraction of sp³-hybridized carbons (Fsp3) is 0.538. The van der Waals surface area contributed by atoms with Crippen LogP contribution in [0.15, 0.2) is 24.3 Å². The molecule has 1 aromatic rings. The van der Waals surface area contributed by atoms with Crippen molar-refractivity contribution >= 4 is 11.6 Å². The first-order valence-electron chi connectivity index (χ1n) is 5.82. The molecule has 0 heterocycles. The topological polar surface area (TPSA) is 38.5 Å². The minimum absolute atomic E-state index is 0.142. The summed E-state index contributed by atoms with van der Waals surface area (Å²) in [7, 11) is 3.78. The molecule has 0 aliphatic rings. The highest BCUT2D eigenvalue weighted by Gasteiger charge is 2.08. The molecule has 1 rings (SSSR count). The Labute approximate surface area is 109 Å². The smallest absolute Gasteiger partial charge is 0.0705 e. The van der Waals surface area contributed by atoms with Gasteiger partial charge in [0.1, 0.15) is 0 Å². The van der Waals surface area contributed by atoms with Gasteiger partial charge in [-0.3, -0.25) is 0 Å². The maximum Gasteiger partial charge on any atom is 0.0705 e. The van der Waals surface area contributed by atoms with Crippen molar-refractivity contribution < 1.29 is 4.74 Å². The zero-order valence-corrected chi connectivity index (χ0v) is 11.3. The first-order valence-corrected chi connectivity index (χ1v) is 6.20. The molecule has 0 aliphatic carbocycles. The van der Waals surface area contributed by atoms with Crippen LogP contribution >= 0.6 is 11.6 Å². The number of nitrogens with zero attached hydrogens (tertiary/aromatic N) is 1. The van der Waals surface area contributed by atoms with Crippen molar-refractivity contribution in [1.29, 1.82) is 0 Å². The third-order valence-electron chi connectivity index (χ3n) is 2.83. The predicted octanol–water partition coefficient (Wildman–Crippen LogP) is 2.14. The number of hydrogen-bond donors (Lipinski definition) is 1. The molecule has 0 aliphatic heterocycles. The van der Waals surface area contributed by atoms with Gasteiger partial charge in [0.25, 0.3) is 0 Å². The minimum atomic E-state index is 0.142. The van der Waals surface area contributed by atoms with E-state index in [1.165, 1.54) is 0 Å². The number of rotatable bonds is 7. The van der Waals surface area contributed by atoms with Crippen molar-refractivity contribution in [1.82, 2.24) is 4.90 Å². The summed E-state index contributed by atoms with van der Waals surface area (Å²) in [5.74, 6) is 0. The maximum absolute atomic E-state index is 6.11. The number of ether oxygens (including phenoxy) is 1. The van der Waals surface area contributed by atoms with Crippen LogP contribution in [-0.2, 0) is 11.3 Å². The van der Waals surface area contributed by atoms with Crippen molar-refractivity contribution in [2.45, 2.75) is 19.1 Å². The van der Waals surface area contributed by atoms with Crippen molar-refractivity contribution in [2.24, 2.45) is 5.73 Å². The van der Waals surface area contributed by atoms with E-state index in [2.05, 4.69) is 18.0 Å². The zero-order valence-electron chi connectivity index (χ0n) is 10.5. The van der Waals surface area contributed by atoms with E-state index in [0.29, 0.717) is 6.54 Å². The average Bonchev–Trinajstić information content (AvgIpc) is 2.33. The normalized spacial score (nSPS) is 13.0. The van der Waals surface area contributed by atoms with E-state index in [1.807, 2.05) is 18.2 Å². The molecule has 1 aromatic carbocycles. The lowest BCUT2D eigenvalue weighted by atomic mass is 10.2. The molecule has 0 saturated carbocycles. The SMILES string of the molecule is COC(CN)CCN(C)Cc1ccccc1Cl. The number of methoxy groups -OCH3 is 1. The quantitative estimate of drug-likeness (QED) is 0.812. The van der Waals surface area contributed by atoms with Gasteiger partial charge in [-0.25, -0.2) is 0 Å². The standard InChI is InChI=1S/C13H21ClN2O/c1-16(8-7-12(9-15)17-2)10-11-5-3-4-6-13(11)14/h3-6,12H,7-10,15H2,1-2H3. The third kappa shape index (κ3) is 5.04. The molecule has 2 N–H and O–H groups in total. The molecule has 96 valence electrons. The number of hydrogen-bond acceptors (Lipinski definition) is 3. The summed E-state index contributed by atoms with van der Waals surface area (Å²) in [5, 5.41) is 0.821. The lowest BCUT2D eigenvalue weighted by Crippen LogP contribution is -2.28. The second-order valence-corrected chi connectivity index (χ2v) is 4.62. The van der Waals surface area contributed by atoms with Gasteiger partial charge >= 0.3 is 0 Å². The highest BCUT2D eigenvalue weighted by atomic mass is 35.5. The monoisotopic (exact) mass is 256 g/mol. The second-order valence-electron chi connectivity index (χ2n) is 4.21. The second kappa shape index (κ2) is 7.67. The van der Waals surface area contributed by atoms with Crippen LogP contribution in [0.25, 0.3) is 0 Å². The first-order chi connectivity index (χ1) is 8.17. The summed E-state index contributed by atoms with van der Waals surface area (Å²) in [6, 6.07) is 7.92. The van der Waals surface area contributed by atoms with Crippen LogP contribution < -0.4 is 5.73 Å². The third-order valence-corrected chi connectivity index (χ3v) is 3.20. The van der Waals surface area contributed by atoms with Gasteiger partial charge < -0.3 is 15.4 Å². The van der Waals surface area contributed by atoms with E-state index in [-0.39, 0.29) is 6.10 Å². The molecule has 0 fully saturated rings. The fourth-order valence-electron chi connectivity index (χ4n) is 1.69. The summed E-state index contributed by atoms with van der Waals surface area (Å²) >= 11 is 6.11. The van der Waals surface area contributed by atoms with Crippen LogP contribution in [-0.4, -0.2) is 38.3 Å². The van der Waals surface area contributed by atoms with Gasteiger partial charge in [0.05, 0.1) is 6.10 Å². The molecule has 0 aromatic heterocycles. The summed E-state index contributed by atoms with van der Waals surface area (Å²) in [5.41, 5.74) is 6.73. The molecular formula is C13H21ClN2O. The predicted molar refractivity (Wildman–Crippen MR) is 72.3 cm³/mol. The maximum atomic E-state index is 6.11. The van der Waals surface area contributed by atoms with Gasteiger partial charge in [-0.1, -0.05) is 29.8 Å². The molecule has 3 nitrogen and oxygen atoms in total. The van der Waals surface area contributed by atoms with E-state index in [1.54, 1.807) is 7.11 Å². The Morgan fingerprint density at radius 2 is 2.12 bits per heavy atom. The van der Waals surface area contributed by atoms with E-state index in [0.717, 1.165) is 30.1 Å². The number of benzene rings is 1. The summed E-state index contributed by atoms with van der Waals surface area (Å²) in [4.78, 5) is 2.23. The molecule has 0 saturated heterocycles. The van der Waals surface area contributed by atoms with E-state index >= 15 is 0 Å². The number of halogens is 1. The lowest BCUT2D eigenvalue weighted by Gasteiger charge is -2.20. The Kier molecular flexibility index (Phi) is 6.52. The van der Waals surface area contributed by atoms with E-state index in [9.17, 15) is 0 Å². The van der Waals surface area contributed by atoms with E-state index in [4.69, 9.17) is 22.1 Å². The molecule has 17 heavy (non-hydrogen) atoms. The first kappa shape index (κ1) is 14.5. The van der Waals surface area contributed by atoms with Gasteiger partial charge in [-0.2, -0.15) is 0 Å². The minimum Gasteiger partial charge on any atom is -0.380 e. The average molecular weight is 257 g/mol.